The number of nitrogens with zero attached hydrogens (tertiary/aromatic N) is 1. The molecule has 0 spiro atoms. The summed E-state index contributed by atoms with van der Waals surface area (Å²) >= 11 is 0. The van der Waals surface area contributed by atoms with Gasteiger partial charge in [0.2, 0.25) is 0 Å². The first-order valence-electron chi connectivity index (χ1n) is 7.10. The fourth-order valence-electron chi connectivity index (χ4n) is 2.56. The Morgan fingerprint density at radius 1 is 0.857 bits per heavy atom. The van der Waals surface area contributed by atoms with Gasteiger partial charge < -0.3 is 5.73 Å². The maximum absolute atomic E-state index is 5.65. The van der Waals surface area contributed by atoms with Crippen molar-refractivity contribution >= 4 is 0 Å². The third kappa shape index (κ3) is 2.71. The predicted octanol–water partition coefficient (Wildman–Crippen LogP) is 4.18. The summed E-state index contributed by atoms with van der Waals surface area (Å²) in [6, 6.07) is 20.8. The highest BCUT2D eigenvalue weighted by Crippen LogP contribution is 2.29. The quantitative estimate of drug-likeness (QED) is 0.778. The Labute approximate surface area is 125 Å². The lowest BCUT2D eigenvalue weighted by Crippen LogP contribution is -1.96. The number of aromatic nitrogens is 1. The van der Waals surface area contributed by atoms with E-state index in [4.69, 9.17) is 5.73 Å². The van der Waals surface area contributed by atoms with Gasteiger partial charge in [0.05, 0.1) is 5.69 Å². The fourth-order valence-corrected chi connectivity index (χ4v) is 2.56. The van der Waals surface area contributed by atoms with Crippen LogP contribution in [0.1, 0.15) is 11.1 Å². The SMILES string of the molecule is Cc1c(-c2ccccc2)ccnc1-c1ccc(CN)cc1. The van der Waals surface area contributed by atoms with Gasteiger partial charge in [-0.25, -0.2) is 0 Å². The smallest absolute Gasteiger partial charge is 0.0737 e. The summed E-state index contributed by atoms with van der Waals surface area (Å²) in [5.41, 5.74) is 12.6. The molecule has 1 heterocycles. The Bertz CT molecular complexity index is 731. The lowest BCUT2D eigenvalue weighted by molar-refractivity contribution is 1.07. The van der Waals surface area contributed by atoms with Crippen LogP contribution in [0.2, 0.25) is 0 Å². The van der Waals surface area contributed by atoms with E-state index in [1.54, 1.807) is 0 Å². The topological polar surface area (TPSA) is 38.9 Å². The van der Waals surface area contributed by atoms with E-state index in [2.05, 4.69) is 66.5 Å². The second kappa shape index (κ2) is 5.90. The van der Waals surface area contributed by atoms with Gasteiger partial charge in [-0.15, -0.1) is 0 Å². The summed E-state index contributed by atoms with van der Waals surface area (Å²) in [7, 11) is 0. The molecule has 1 aromatic heterocycles. The third-order valence-electron chi connectivity index (χ3n) is 3.75. The second-order valence-electron chi connectivity index (χ2n) is 5.10. The molecule has 0 amide bonds. The first-order chi connectivity index (χ1) is 10.3. The zero-order chi connectivity index (χ0) is 14.7. The Kier molecular flexibility index (Phi) is 3.80. The molecule has 2 nitrogen and oxygen atoms in total. The first kappa shape index (κ1) is 13.5. The molecule has 21 heavy (non-hydrogen) atoms. The molecule has 0 aliphatic carbocycles. The largest absolute Gasteiger partial charge is 0.326 e. The number of hydrogen-bond donors (Lipinski definition) is 1. The standard InChI is InChI=1S/C19H18N2/c1-14-18(16-5-3-2-4-6-16)11-12-21-19(14)17-9-7-15(13-20)8-10-17/h2-12H,13,20H2,1H3. The van der Waals surface area contributed by atoms with Gasteiger partial charge >= 0.3 is 0 Å². The van der Waals surface area contributed by atoms with Crippen LogP contribution in [-0.2, 0) is 6.54 Å². The zero-order valence-electron chi connectivity index (χ0n) is 12.1. The van der Waals surface area contributed by atoms with Gasteiger partial charge in [-0.3, -0.25) is 4.98 Å². The molecular formula is C19H18N2. The second-order valence-corrected chi connectivity index (χ2v) is 5.10. The van der Waals surface area contributed by atoms with Gasteiger partial charge in [-0.1, -0.05) is 54.6 Å². The van der Waals surface area contributed by atoms with Gasteiger partial charge in [-0.2, -0.15) is 0 Å². The van der Waals surface area contributed by atoms with Crippen LogP contribution in [-0.4, -0.2) is 4.98 Å². The van der Waals surface area contributed by atoms with Crippen molar-refractivity contribution in [3.63, 3.8) is 0 Å². The summed E-state index contributed by atoms with van der Waals surface area (Å²) in [4.78, 5) is 4.56. The molecule has 3 rings (SSSR count). The van der Waals surface area contributed by atoms with Crippen LogP contribution in [0.3, 0.4) is 0 Å². The average molecular weight is 274 g/mol. The Morgan fingerprint density at radius 2 is 1.57 bits per heavy atom. The lowest BCUT2D eigenvalue weighted by atomic mass is 9.97. The predicted molar refractivity (Wildman–Crippen MR) is 87.7 cm³/mol. The van der Waals surface area contributed by atoms with E-state index >= 15 is 0 Å². The molecule has 104 valence electrons. The van der Waals surface area contributed by atoms with Crippen LogP contribution in [0.15, 0.2) is 66.9 Å². The molecule has 0 saturated carbocycles. The third-order valence-corrected chi connectivity index (χ3v) is 3.75. The van der Waals surface area contributed by atoms with Gasteiger partial charge in [0, 0.05) is 18.3 Å². The van der Waals surface area contributed by atoms with Crippen molar-refractivity contribution in [2.75, 3.05) is 0 Å². The van der Waals surface area contributed by atoms with Gasteiger partial charge in [0.1, 0.15) is 0 Å². The number of pyridine rings is 1. The number of benzene rings is 2. The highest BCUT2D eigenvalue weighted by Gasteiger charge is 2.09. The van der Waals surface area contributed by atoms with Crippen molar-refractivity contribution in [1.29, 1.82) is 0 Å². The zero-order valence-corrected chi connectivity index (χ0v) is 12.1. The minimum atomic E-state index is 0.566. The van der Waals surface area contributed by atoms with Crippen LogP contribution >= 0.6 is 0 Å². The molecule has 2 heteroatoms. The Morgan fingerprint density at radius 3 is 2.24 bits per heavy atom. The maximum Gasteiger partial charge on any atom is 0.0737 e. The summed E-state index contributed by atoms with van der Waals surface area (Å²) < 4.78 is 0. The Balaban J connectivity index is 2.08. The highest BCUT2D eigenvalue weighted by atomic mass is 14.7. The molecule has 0 aliphatic rings. The molecule has 0 fully saturated rings. The normalized spacial score (nSPS) is 10.6. The summed E-state index contributed by atoms with van der Waals surface area (Å²) in [6.45, 7) is 2.69. The van der Waals surface area contributed by atoms with Crippen molar-refractivity contribution in [2.24, 2.45) is 5.73 Å². The summed E-state index contributed by atoms with van der Waals surface area (Å²) in [6.07, 6.45) is 1.88. The van der Waals surface area contributed by atoms with Crippen molar-refractivity contribution in [3.8, 4) is 22.4 Å². The van der Waals surface area contributed by atoms with E-state index < -0.39 is 0 Å². The number of rotatable bonds is 3. The van der Waals surface area contributed by atoms with Crippen molar-refractivity contribution in [1.82, 2.24) is 4.98 Å². The van der Waals surface area contributed by atoms with Gasteiger partial charge in [0.15, 0.2) is 0 Å². The lowest BCUT2D eigenvalue weighted by Gasteiger charge is -2.11. The Hall–Kier alpha value is -2.45. The summed E-state index contributed by atoms with van der Waals surface area (Å²) in [5, 5.41) is 0. The first-order valence-corrected chi connectivity index (χ1v) is 7.10. The van der Waals surface area contributed by atoms with Crippen molar-refractivity contribution in [2.45, 2.75) is 13.5 Å². The van der Waals surface area contributed by atoms with Crippen LogP contribution in [0.5, 0.6) is 0 Å². The molecule has 0 aliphatic heterocycles. The van der Waals surface area contributed by atoms with Crippen molar-refractivity contribution in [3.05, 3.63) is 78.0 Å². The van der Waals surface area contributed by atoms with Gasteiger partial charge in [0.25, 0.3) is 0 Å². The maximum atomic E-state index is 5.65. The minimum absolute atomic E-state index is 0.566. The van der Waals surface area contributed by atoms with Crippen molar-refractivity contribution < 1.29 is 0 Å². The van der Waals surface area contributed by atoms with E-state index in [9.17, 15) is 0 Å². The highest BCUT2D eigenvalue weighted by molar-refractivity contribution is 5.75. The molecule has 0 bridgehead atoms. The van der Waals surface area contributed by atoms with E-state index in [-0.39, 0.29) is 0 Å². The summed E-state index contributed by atoms with van der Waals surface area (Å²) in [5.74, 6) is 0. The number of hydrogen-bond acceptors (Lipinski definition) is 2. The van der Waals surface area contributed by atoms with E-state index in [1.165, 1.54) is 16.7 Å². The van der Waals surface area contributed by atoms with Crippen LogP contribution in [0.25, 0.3) is 22.4 Å². The molecule has 0 atom stereocenters. The fraction of sp³-hybridized carbons (Fsp3) is 0.105. The van der Waals surface area contributed by atoms with Crippen LogP contribution < -0.4 is 5.73 Å². The molecule has 0 saturated heterocycles. The monoisotopic (exact) mass is 274 g/mol. The molecule has 0 unspecified atom stereocenters. The van der Waals surface area contributed by atoms with Crippen LogP contribution in [0.4, 0.5) is 0 Å². The van der Waals surface area contributed by atoms with E-state index in [0.29, 0.717) is 6.54 Å². The van der Waals surface area contributed by atoms with Gasteiger partial charge in [-0.05, 0) is 35.2 Å². The molecule has 2 aromatic carbocycles. The molecule has 0 radical (unpaired) electrons. The van der Waals surface area contributed by atoms with E-state index in [1.807, 2.05) is 12.3 Å². The minimum Gasteiger partial charge on any atom is -0.326 e. The average Bonchev–Trinajstić information content (AvgIpc) is 2.56. The van der Waals surface area contributed by atoms with E-state index in [0.717, 1.165) is 16.8 Å². The van der Waals surface area contributed by atoms with Crippen LogP contribution in [0, 0.1) is 6.92 Å². The molecular weight excluding hydrogens is 256 g/mol. The molecule has 3 aromatic rings. The molecule has 2 N–H and O–H groups in total. The number of nitrogens with two attached hydrogens (primary N) is 1.